The first kappa shape index (κ1) is 17.7. The number of benzene rings is 1. The van der Waals surface area contributed by atoms with Crippen molar-refractivity contribution < 1.29 is 4.74 Å². The number of aromatic nitrogens is 1. The van der Waals surface area contributed by atoms with Gasteiger partial charge in [0.2, 0.25) is 0 Å². The topological polar surface area (TPSA) is 57.4 Å². The summed E-state index contributed by atoms with van der Waals surface area (Å²) in [4.78, 5) is 17.7. The van der Waals surface area contributed by atoms with Crippen molar-refractivity contribution in [1.29, 1.82) is 0 Å². The molecule has 2 aromatic rings. The number of nitrogens with one attached hydrogen (secondary N) is 2. The van der Waals surface area contributed by atoms with Crippen molar-refractivity contribution in [2.75, 3.05) is 13.7 Å². The third-order valence-corrected chi connectivity index (χ3v) is 5.20. The van der Waals surface area contributed by atoms with Crippen molar-refractivity contribution in [2.24, 2.45) is 0 Å². The average molecular weight is 359 g/mol. The Morgan fingerprint density at radius 1 is 1.36 bits per heavy atom. The number of hydrogen-bond donors (Lipinski definition) is 2. The number of methoxy groups -OCH3 is 1. The zero-order valence-corrected chi connectivity index (χ0v) is 15.6. The van der Waals surface area contributed by atoms with Crippen LogP contribution in [0, 0.1) is 0 Å². The van der Waals surface area contributed by atoms with Crippen LogP contribution in [-0.4, -0.2) is 34.7 Å². The van der Waals surface area contributed by atoms with Crippen molar-refractivity contribution in [3.8, 4) is 5.75 Å². The third-order valence-electron chi connectivity index (χ3n) is 4.82. The fourth-order valence-electron chi connectivity index (χ4n) is 3.49. The Morgan fingerprint density at radius 2 is 2.12 bits per heavy atom. The number of nitrogens with zero attached hydrogens (tertiary/aromatic N) is 1. The minimum atomic E-state index is -0.0556. The molecule has 1 saturated carbocycles. The van der Waals surface area contributed by atoms with Crippen molar-refractivity contribution in [3.63, 3.8) is 0 Å². The summed E-state index contributed by atoms with van der Waals surface area (Å²) in [5, 5.41) is 4.95. The van der Waals surface area contributed by atoms with Crippen molar-refractivity contribution in [1.82, 2.24) is 15.2 Å². The van der Waals surface area contributed by atoms with Gasteiger partial charge in [-0.2, -0.15) is 0 Å². The molecule has 0 bridgehead atoms. The average Bonchev–Trinajstić information content (AvgIpc) is 3.13. The van der Waals surface area contributed by atoms with Crippen LogP contribution < -0.4 is 15.6 Å². The highest BCUT2D eigenvalue weighted by Gasteiger charge is 2.25. The first-order chi connectivity index (χ1) is 12.1. The normalized spacial score (nSPS) is 14.6. The van der Waals surface area contributed by atoms with E-state index in [4.69, 9.17) is 17.0 Å². The molecular formula is C19H25N3O2S. The first-order valence-electron chi connectivity index (χ1n) is 8.86. The lowest BCUT2D eigenvalue weighted by molar-refractivity contribution is 0.303. The zero-order chi connectivity index (χ0) is 17.8. The molecule has 3 rings (SSSR count). The molecule has 1 fully saturated rings. The van der Waals surface area contributed by atoms with E-state index in [1.165, 1.54) is 12.8 Å². The second-order valence-corrected chi connectivity index (χ2v) is 6.87. The summed E-state index contributed by atoms with van der Waals surface area (Å²) in [6.07, 6.45) is 4.71. The van der Waals surface area contributed by atoms with Gasteiger partial charge in [-0.25, -0.2) is 0 Å². The van der Waals surface area contributed by atoms with Crippen molar-refractivity contribution in [2.45, 2.75) is 45.2 Å². The molecule has 0 saturated heterocycles. The molecule has 5 nitrogen and oxygen atoms in total. The Kier molecular flexibility index (Phi) is 5.58. The second-order valence-electron chi connectivity index (χ2n) is 6.48. The van der Waals surface area contributed by atoms with Crippen molar-refractivity contribution in [3.05, 3.63) is 40.2 Å². The molecule has 1 aliphatic rings. The van der Waals surface area contributed by atoms with Crippen LogP contribution in [0.1, 0.15) is 38.2 Å². The maximum atomic E-state index is 12.5. The minimum absolute atomic E-state index is 0.0556. The third kappa shape index (κ3) is 3.95. The van der Waals surface area contributed by atoms with Gasteiger partial charge in [-0.05, 0) is 56.2 Å². The number of fused-ring (bicyclic) bond motifs is 1. The molecule has 25 heavy (non-hydrogen) atoms. The molecule has 0 radical (unpaired) electrons. The number of rotatable bonds is 5. The van der Waals surface area contributed by atoms with Gasteiger partial charge in [0.05, 0.1) is 13.7 Å². The van der Waals surface area contributed by atoms with Crippen LogP contribution >= 0.6 is 12.2 Å². The number of hydrogen-bond acceptors (Lipinski definition) is 3. The Hall–Kier alpha value is -2.08. The summed E-state index contributed by atoms with van der Waals surface area (Å²) in [6.45, 7) is 3.35. The SMILES string of the molecule is CCNC(=S)N(Cc1cc2cc(OC)ccc2[nH]c1=O)C1CCCC1. The van der Waals surface area contributed by atoms with Crippen LogP contribution in [0.3, 0.4) is 0 Å². The van der Waals surface area contributed by atoms with Crippen molar-refractivity contribution >= 4 is 28.2 Å². The number of aromatic amines is 1. The van der Waals surface area contributed by atoms with Gasteiger partial charge in [-0.15, -0.1) is 0 Å². The van der Waals surface area contributed by atoms with Gasteiger partial charge in [0.25, 0.3) is 5.56 Å². The van der Waals surface area contributed by atoms with Crippen LogP contribution in [0.25, 0.3) is 10.9 Å². The molecule has 6 heteroatoms. The van der Waals surface area contributed by atoms with E-state index in [0.29, 0.717) is 12.6 Å². The smallest absolute Gasteiger partial charge is 0.253 e. The maximum absolute atomic E-state index is 12.5. The maximum Gasteiger partial charge on any atom is 0.253 e. The molecular weight excluding hydrogens is 334 g/mol. The van der Waals surface area contributed by atoms with Crippen LogP contribution in [0.4, 0.5) is 0 Å². The Labute approximate surface area is 153 Å². The highest BCUT2D eigenvalue weighted by molar-refractivity contribution is 7.80. The van der Waals surface area contributed by atoms with Gasteiger partial charge in [0.1, 0.15) is 5.75 Å². The summed E-state index contributed by atoms with van der Waals surface area (Å²) >= 11 is 5.57. The molecule has 1 aromatic heterocycles. The summed E-state index contributed by atoms with van der Waals surface area (Å²) in [7, 11) is 1.64. The van der Waals surface area contributed by atoms with Gasteiger partial charge in [-0.1, -0.05) is 12.8 Å². The van der Waals surface area contributed by atoms with Crippen LogP contribution in [0.15, 0.2) is 29.1 Å². The first-order valence-corrected chi connectivity index (χ1v) is 9.27. The summed E-state index contributed by atoms with van der Waals surface area (Å²) < 4.78 is 5.29. The number of H-pyrrole nitrogens is 1. The van der Waals surface area contributed by atoms with E-state index in [1.807, 2.05) is 31.2 Å². The standard InChI is InChI=1S/C19H25N3O2S/c1-3-20-19(25)22(15-6-4-5-7-15)12-14-10-13-11-16(24-2)8-9-17(13)21-18(14)23/h8-11,15H,3-7,12H2,1-2H3,(H,20,25)(H,21,23). The van der Waals surface area contributed by atoms with E-state index in [1.54, 1.807) is 7.11 Å². The van der Waals surface area contributed by atoms with Gasteiger partial charge in [-0.3, -0.25) is 4.79 Å². The molecule has 1 aliphatic carbocycles. The number of thiocarbonyl (C=S) groups is 1. The predicted molar refractivity (Wildman–Crippen MR) is 105 cm³/mol. The largest absolute Gasteiger partial charge is 0.497 e. The van der Waals surface area contributed by atoms with Gasteiger partial charge in [0, 0.05) is 29.1 Å². The number of pyridine rings is 1. The summed E-state index contributed by atoms with van der Waals surface area (Å²) in [5.41, 5.74) is 1.49. The lowest BCUT2D eigenvalue weighted by Gasteiger charge is -2.31. The van der Waals surface area contributed by atoms with Gasteiger partial charge >= 0.3 is 0 Å². The Balaban J connectivity index is 1.93. The van der Waals surface area contributed by atoms with E-state index in [2.05, 4.69) is 15.2 Å². The van der Waals surface area contributed by atoms with E-state index < -0.39 is 0 Å². The van der Waals surface area contributed by atoms with Crippen LogP contribution in [-0.2, 0) is 6.54 Å². The Bertz CT molecular complexity index is 812. The molecule has 0 atom stereocenters. The fraction of sp³-hybridized carbons (Fsp3) is 0.474. The van der Waals surface area contributed by atoms with E-state index in [-0.39, 0.29) is 5.56 Å². The molecule has 0 amide bonds. The predicted octanol–water partition coefficient (Wildman–Crippen LogP) is 3.18. The van der Waals surface area contributed by atoms with E-state index in [9.17, 15) is 4.79 Å². The molecule has 0 unspecified atom stereocenters. The molecule has 2 N–H and O–H groups in total. The lowest BCUT2D eigenvalue weighted by Crippen LogP contribution is -2.45. The van der Waals surface area contributed by atoms with E-state index in [0.717, 1.165) is 46.7 Å². The minimum Gasteiger partial charge on any atom is -0.497 e. The highest BCUT2D eigenvalue weighted by atomic mass is 32.1. The molecule has 0 aliphatic heterocycles. The lowest BCUT2D eigenvalue weighted by atomic mass is 10.1. The van der Waals surface area contributed by atoms with Crippen LogP contribution in [0.2, 0.25) is 0 Å². The monoisotopic (exact) mass is 359 g/mol. The van der Waals surface area contributed by atoms with Gasteiger partial charge in [0.15, 0.2) is 5.11 Å². The molecule has 0 spiro atoms. The second kappa shape index (κ2) is 7.87. The van der Waals surface area contributed by atoms with E-state index >= 15 is 0 Å². The van der Waals surface area contributed by atoms with Crippen LogP contribution in [0.5, 0.6) is 5.75 Å². The van der Waals surface area contributed by atoms with Gasteiger partial charge < -0.3 is 19.9 Å². The fourth-order valence-corrected chi connectivity index (χ4v) is 3.85. The summed E-state index contributed by atoms with van der Waals surface area (Å²) in [5.74, 6) is 0.779. The quantitative estimate of drug-likeness (QED) is 0.803. The molecule has 1 aromatic carbocycles. The number of ether oxygens (including phenoxy) is 1. The molecule has 1 heterocycles. The zero-order valence-electron chi connectivity index (χ0n) is 14.8. The molecule has 134 valence electrons. The summed E-state index contributed by atoms with van der Waals surface area (Å²) in [6, 6.07) is 8.03. The highest BCUT2D eigenvalue weighted by Crippen LogP contribution is 2.25. The Morgan fingerprint density at radius 3 is 2.80 bits per heavy atom.